The van der Waals surface area contributed by atoms with Gasteiger partial charge in [-0.1, -0.05) is 23.7 Å². The van der Waals surface area contributed by atoms with Gasteiger partial charge in [-0.15, -0.1) is 0 Å². The summed E-state index contributed by atoms with van der Waals surface area (Å²) in [6.45, 7) is 0. The smallest absolute Gasteiger partial charge is 0.0947 e. The van der Waals surface area contributed by atoms with Crippen molar-refractivity contribution >= 4 is 11.6 Å². The van der Waals surface area contributed by atoms with Gasteiger partial charge < -0.3 is 9.88 Å². The molecular formula is C12H14ClN3. The Bertz CT molecular complexity index is 461. The van der Waals surface area contributed by atoms with E-state index in [2.05, 4.69) is 10.3 Å². The van der Waals surface area contributed by atoms with Gasteiger partial charge in [0.05, 0.1) is 18.1 Å². The molecule has 0 aliphatic carbocycles. The van der Waals surface area contributed by atoms with Crippen LogP contribution in [0.1, 0.15) is 17.3 Å². The third-order valence-electron chi connectivity index (χ3n) is 2.51. The van der Waals surface area contributed by atoms with E-state index in [1.54, 1.807) is 6.33 Å². The van der Waals surface area contributed by atoms with Gasteiger partial charge in [-0.2, -0.15) is 0 Å². The number of imidazole rings is 1. The van der Waals surface area contributed by atoms with Gasteiger partial charge in [0.1, 0.15) is 0 Å². The quantitative estimate of drug-likeness (QED) is 0.886. The van der Waals surface area contributed by atoms with Crippen LogP contribution in [0, 0.1) is 0 Å². The summed E-state index contributed by atoms with van der Waals surface area (Å²) in [6, 6.07) is 7.92. The summed E-state index contributed by atoms with van der Waals surface area (Å²) < 4.78 is 1.94. The second kappa shape index (κ2) is 4.68. The molecule has 3 nitrogen and oxygen atoms in total. The maximum Gasteiger partial charge on any atom is 0.0947 e. The van der Waals surface area contributed by atoms with E-state index in [-0.39, 0.29) is 6.04 Å². The van der Waals surface area contributed by atoms with Crippen molar-refractivity contribution in [3.05, 3.63) is 53.1 Å². The first-order valence-electron chi connectivity index (χ1n) is 5.11. The van der Waals surface area contributed by atoms with Gasteiger partial charge in [0, 0.05) is 18.3 Å². The van der Waals surface area contributed by atoms with Crippen LogP contribution in [0.5, 0.6) is 0 Å². The maximum atomic E-state index is 5.87. The fraction of sp³-hybridized carbons (Fsp3) is 0.250. The SMILES string of the molecule is CNC(c1ccc(Cl)cc1)c1cn(C)cn1. The second-order valence-electron chi connectivity index (χ2n) is 3.74. The molecular weight excluding hydrogens is 222 g/mol. The van der Waals surface area contributed by atoms with E-state index in [0.717, 1.165) is 16.3 Å². The first-order valence-corrected chi connectivity index (χ1v) is 5.49. The van der Waals surface area contributed by atoms with Gasteiger partial charge in [0.2, 0.25) is 0 Å². The number of halogens is 1. The lowest BCUT2D eigenvalue weighted by Gasteiger charge is -2.14. The summed E-state index contributed by atoms with van der Waals surface area (Å²) in [4.78, 5) is 4.35. The Morgan fingerprint density at radius 2 is 2.00 bits per heavy atom. The topological polar surface area (TPSA) is 29.9 Å². The average molecular weight is 236 g/mol. The van der Waals surface area contributed by atoms with E-state index in [0.29, 0.717) is 0 Å². The molecule has 1 N–H and O–H groups in total. The highest BCUT2D eigenvalue weighted by Crippen LogP contribution is 2.21. The minimum absolute atomic E-state index is 0.110. The van der Waals surface area contributed by atoms with E-state index >= 15 is 0 Å². The van der Waals surface area contributed by atoms with Gasteiger partial charge in [-0.05, 0) is 24.7 Å². The Morgan fingerprint density at radius 1 is 1.31 bits per heavy atom. The largest absolute Gasteiger partial charge is 0.340 e. The number of hydrogen-bond donors (Lipinski definition) is 1. The van der Waals surface area contributed by atoms with Crippen LogP contribution < -0.4 is 5.32 Å². The predicted molar refractivity (Wildman–Crippen MR) is 65.6 cm³/mol. The van der Waals surface area contributed by atoms with E-state index in [1.807, 2.05) is 49.1 Å². The number of rotatable bonds is 3. The third-order valence-corrected chi connectivity index (χ3v) is 2.76. The van der Waals surface area contributed by atoms with Crippen molar-refractivity contribution in [2.75, 3.05) is 7.05 Å². The highest BCUT2D eigenvalue weighted by Gasteiger charge is 2.13. The molecule has 4 heteroatoms. The molecule has 84 valence electrons. The molecule has 1 heterocycles. The zero-order valence-corrected chi connectivity index (χ0v) is 10.1. The number of nitrogens with zero attached hydrogens (tertiary/aromatic N) is 2. The molecule has 0 fully saturated rings. The second-order valence-corrected chi connectivity index (χ2v) is 4.17. The van der Waals surface area contributed by atoms with Crippen LogP contribution in [0.2, 0.25) is 5.02 Å². The van der Waals surface area contributed by atoms with E-state index in [4.69, 9.17) is 11.6 Å². The fourth-order valence-corrected chi connectivity index (χ4v) is 1.85. The van der Waals surface area contributed by atoms with Gasteiger partial charge in [-0.3, -0.25) is 0 Å². The summed E-state index contributed by atoms with van der Waals surface area (Å²) in [5.41, 5.74) is 2.16. The van der Waals surface area contributed by atoms with Crippen molar-refractivity contribution in [1.82, 2.24) is 14.9 Å². The van der Waals surface area contributed by atoms with Crippen molar-refractivity contribution < 1.29 is 0 Å². The van der Waals surface area contributed by atoms with Gasteiger partial charge in [0.25, 0.3) is 0 Å². The van der Waals surface area contributed by atoms with Crippen LogP contribution in [0.25, 0.3) is 0 Å². The summed E-state index contributed by atoms with van der Waals surface area (Å²) in [5, 5.41) is 4.00. The average Bonchev–Trinajstić information content (AvgIpc) is 2.69. The Hall–Kier alpha value is -1.32. The van der Waals surface area contributed by atoms with Gasteiger partial charge in [-0.25, -0.2) is 4.98 Å². The van der Waals surface area contributed by atoms with Crippen molar-refractivity contribution in [3.8, 4) is 0 Å². The maximum absolute atomic E-state index is 5.87. The molecule has 0 spiro atoms. The lowest BCUT2D eigenvalue weighted by molar-refractivity contribution is 0.674. The minimum atomic E-state index is 0.110. The van der Waals surface area contributed by atoms with Crippen LogP contribution in [-0.2, 0) is 7.05 Å². The Labute approximate surface area is 100 Å². The van der Waals surface area contributed by atoms with Crippen molar-refractivity contribution in [2.24, 2.45) is 7.05 Å². The third kappa shape index (κ3) is 2.26. The predicted octanol–water partition coefficient (Wildman–Crippen LogP) is 2.38. The molecule has 1 atom stereocenters. The first-order chi connectivity index (χ1) is 7.70. The molecule has 1 aromatic heterocycles. The zero-order chi connectivity index (χ0) is 11.5. The molecule has 16 heavy (non-hydrogen) atoms. The molecule has 0 bridgehead atoms. The molecule has 1 aromatic carbocycles. The normalized spacial score (nSPS) is 12.7. The van der Waals surface area contributed by atoms with Gasteiger partial charge >= 0.3 is 0 Å². The molecule has 0 saturated heterocycles. The molecule has 0 saturated carbocycles. The first kappa shape index (κ1) is 11.2. The van der Waals surface area contributed by atoms with Crippen LogP contribution in [0.15, 0.2) is 36.8 Å². The molecule has 0 amide bonds. The molecule has 1 unspecified atom stereocenters. The number of benzene rings is 1. The number of hydrogen-bond acceptors (Lipinski definition) is 2. The lowest BCUT2D eigenvalue weighted by atomic mass is 10.0. The van der Waals surface area contributed by atoms with Gasteiger partial charge in [0.15, 0.2) is 0 Å². The van der Waals surface area contributed by atoms with Crippen molar-refractivity contribution in [2.45, 2.75) is 6.04 Å². The molecule has 0 aliphatic heterocycles. The molecule has 0 radical (unpaired) electrons. The van der Waals surface area contributed by atoms with Crippen LogP contribution in [-0.4, -0.2) is 16.6 Å². The van der Waals surface area contributed by atoms with Crippen LogP contribution in [0.4, 0.5) is 0 Å². The summed E-state index contributed by atoms with van der Waals surface area (Å²) >= 11 is 5.87. The number of aryl methyl sites for hydroxylation is 1. The van der Waals surface area contributed by atoms with Crippen molar-refractivity contribution in [3.63, 3.8) is 0 Å². The number of aromatic nitrogens is 2. The van der Waals surface area contributed by atoms with Crippen LogP contribution >= 0.6 is 11.6 Å². The highest BCUT2D eigenvalue weighted by atomic mass is 35.5. The monoisotopic (exact) mass is 235 g/mol. The highest BCUT2D eigenvalue weighted by molar-refractivity contribution is 6.30. The zero-order valence-electron chi connectivity index (χ0n) is 9.31. The fourth-order valence-electron chi connectivity index (χ4n) is 1.72. The summed E-state index contributed by atoms with van der Waals surface area (Å²) in [6.07, 6.45) is 3.81. The molecule has 2 rings (SSSR count). The summed E-state index contributed by atoms with van der Waals surface area (Å²) in [5.74, 6) is 0. The van der Waals surface area contributed by atoms with Crippen LogP contribution in [0.3, 0.4) is 0 Å². The standard InChI is InChI=1S/C12H14ClN3/c1-14-12(11-7-16(2)8-15-11)9-3-5-10(13)6-4-9/h3-8,12,14H,1-2H3. The molecule has 2 aromatic rings. The van der Waals surface area contributed by atoms with Crippen molar-refractivity contribution in [1.29, 1.82) is 0 Å². The van der Waals surface area contributed by atoms with E-state index in [1.165, 1.54) is 0 Å². The van der Waals surface area contributed by atoms with E-state index < -0.39 is 0 Å². The van der Waals surface area contributed by atoms with E-state index in [9.17, 15) is 0 Å². The summed E-state index contributed by atoms with van der Waals surface area (Å²) in [7, 11) is 3.89. The molecule has 0 aliphatic rings. The Balaban J connectivity index is 2.32. The lowest BCUT2D eigenvalue weighted by Crippen LogP contribution is -2.17. The number of nitrogens with one attached hydrogen (secondary N) is 1. The Kier molecular flexibility index (Phi) is 3.27. The Morgan fingerprint density at radius 3 is 2.50 bits per heavy atom. The minimum Gasteiger partial charge on any atom is -0.340 e.